The van der Waals surface area contributed by atoms with Crippen LogP contribution in [0.4, 0.5) is 5.82 Å². The summed E-state index contributed by atoms with van der Waals surface area (Å²) in [6, 6.07) is 4.68. The molecule has 1 saturated heterocycles. The van der Waals surface area contributed by atoms with Crippen LogP contribution >= 0.6 is 0 Å². The van der Waals surface area contributed by atoms with E-state index in [4.69, 9.17) is 4.52 Å². The van der Waals surface area contributed by atoms with Crippen molar-refractivity contribution in [3.05, 3.63) is 34.8 Å². The van der Waals surface area contributed by atoms with Gasteiger partial charge in [0.1, 0.15) is 5.76 Å². The fraction of sp³-hybridized carbons (Fsp3) is 0.611. The van der Waals surface area contributed by atoms with Crippen LogP contribution in [0, 0.1) is 13.8 Å². The van der Waals surface area contributed by atoms with Gasteiger partial charge >= 0.3 is 0 Å². The van der Waals surface area contributed by atoms with Gasteiger partial charge in [-0.25, -0.2) is 0 Å². The Balaban J connectivity index is 1.57. The number of likely N-dealkylation sites (N-methyl/N-ethyl adjacent to an activating group) is 1. The summed E-state index contributed by atoms with van der Waals surface area (Å²) < 4.78 is 5.25. The molecule has 0 N–H and O–H groups in total. The predicted octanol–water partition coefficient (Wildman–Crippen LogP) is 2.70. The van der Waals surface area contributed by atoms with Crippen molar-refractivity contribution in [3.63, 3.8) is 0 Å². The molecule has 6 nitrogen and oxygen atoms in total. The lowest BCUT2D eigenvalue weighted by Gasteiger charge is -2.44. The molecule has 0 radical (unpaired) electrons. The third-order valence-corrected chi connectivity index (χ3v) is 4.82. The highest BCUT2D eigenvalue weighted by Crippen LogP contribution is 2.25. The van der Waals surface area contributed by atoms with E-state index >= 15 is 0 Å². The molecule has 2 aromatic heterocycles. The topological polar surface area (TPSA) is 58.3 Å². The van der Waals surface area contributed by atoms with Crippen molar-refractivity contribution >= 4 is 5.82 Å². The molecule has 0 atom stereocenters. The highest BCUT2D eigenvalue weighted by molar-refractivity contribution is 5.42. The summed E-state index contributed by atoms with van der Waals surface area (Å²) in [5.74, 6) is 1.88. The maximum atomic E-state index is 5.25. The average Bonchev–Trinajstić information content (AvgIpc) is 2.77. The van der Waals surface area contributed by atoms with Gasteiger partial charge in [0.05, 0.1) is 11.4 Å². The molecule has 1 aliphatic rings. The quantitative estimate of drug-likeness (QED) is 0.859. The molecule has 0 saturated carbocycles. The molecular formula is C18H27N5O. The molecule has 0 aromatic carbocycles. The van der Waals surface area contributed by atoms with Gasteiger partial charge in [0.25, 0.3) is 0 Å². The fourth-order valence-corrected chi connectivity index (χ4v) is 2.92. The molecular weight excluding hydrogens is 302 g/mol. The molecule has 24 heavy (non-hydrogen) atoms. The lowest BCUT2D eigenvalue weighted by molar-refractivity contribution is 0.195. The Morgan fingerprint density at radius 2 is 1.92 bits per heavy atom. The van der Waals surface area contributed by atoms with Crippen LogP contribution in [-0.4, -0.2) is 46.4 Å². The number of hydrogen-bond donors (Lipinski definition) is 0. The fourth-order valence-electron chi connectivity index (χ4n) is 2.92. The van der Waals surface area contributed by atoms with Crippen molar-refractivity contribution in [1.29, 1.82) is 0 Å². The Morgan fingerprint density at radius 3 is 2.42 bits per heavy atom. The Hall–Kier alpha value is -1.95. The smallest absolute Gasteiger partial charge is 0.151 e. The lowest BCUT2D eigenvalue weighted by atomic mass is 9.92. The summed E-state index contributed by atoms with van der Waals surface area (Å²) in [6.07, 6.45) is 0. The number of anilines is 1. The van der Waals surface area contributed by atoms with Gasteiger partial charge < -0.3 is 9.42 Å². The third-order valence-electron chi connectivity index (χ3n) is 4.82. The third kappa shape index (κ3) is 3.29. The first-order chi connectivity index (χ1) is 11.3. The molecule has 0 bridgehead atoms. The minimum atomic E-state index is 0.0393. The van der Waals surface area contributed by atoms with Gasteiger partial charge in [-0.1, -0.05) is 25.9 Å². The zero-order valence-corrected chi connectivity index (χ0v) is 15.5. The largest absolute Gasteiger partial charge is 0.361 e. The zero-order valence-electron chi connectivity index (χ0n) is 15.5. The van der Waals surface area contributed by atoms with Crippen molar-refractivity contribution < 1.29 is 4.52 Å². The molecule has 0 amide bonds. The van der Waals surface area contributed by atoms with Crippen LogP contribution in [0.25, 0.3) is 0 Å². The number of aryl methyl sites for hydroxylation is 2. The van der Waals surface area contributed by atoms with Crippen LogP contribution < -0.4 is 4.90 Å². The van der Waals surface area contributed by atoms with Crippen LogP contribution in [0.2, 0.25) is 0 Å². The van der Waals surface area contributed by atoms with Crippen LogP contribution in [0.15, 0.2) is 16.7 Å². The van der Waals surface area contributed by atoms with Crippen molar-refractivity contribution in [1.82, 2.24) is 20.3 Å². The van der Waals surface area contributed by atoms with Crippen LogP contribution in [0.5, 0.6) is 0 Å². The lowest BCUT2D eigenvalue weighted by Crippen LogP contribution is -2.58. The summed E-state index contributed by atoms with van der Waals surface area (Å²) in [7, 11) is 2.16. The minimum absolute atomic E-state index is 0.0393. The number of aromatic nitrogens is 3. The minimum Gasteiger partial charge on any atom is -0.361 e. The van der Waals surface area contributed by atoms with E-state index in [0.29, 0.717) is 6.04 Å². The second-order valence-corrected chi connectivity index (χ2v) is 7.80. The van der Waals surface area contributed by atoms with E-state index in [1.54, 1.807) is 0 Å². The van der Waals surface area contributed by atoms with E-state index in [2.05, 4.69) is 65.1 Å². The van der Waals surface area contributed by atoms with Crippen molar-refractivity contribution in [2.75, 3.05) is 25.0 Å². The van der Waals surface area contributed by atoms with E-state index in [0.717, 1.165) is 42.6 Å². The van der Waals surface area contributed by atoms with E-state index < -0.39 is 0 Å². The molecule has 3 heterocycles. The Labute approximate surface area is 143 Å². The van der Waals surface area contributed by atoms with Gasteiger partial charge in [-0.05, 0) is 33.0 Å². The van der Waals surface area contributed by atoms with Crippen molar-refractivity contribution in [3.8, 4) is 0 Å². The van der Waals surface area contributed by atoms with E-state index in [1.165, 1.54) is 5.56 Å². The molecule has 0 unspecified atom stereocenters. The summed E-state index contributed by atoms with van der Waals surface area (Å²) in [4.78, 5) is 4.63. The molecule has 3 rings (SSSR count). The van der Waals surface area contributed by atoms with E-state index in [9.17, 15) is 0 Å². The van der Waals surface area contributed by atoms with Crippen LogP contribution in [0.1, 0.15) is 43.5 Å². The molecule has 0 aliphatic carbocycles. The van der Waals surface area contributed by atoms with Crippen molar-refractivity contribution in [2.45, 2.75) is 52.6 Å². The van der Waals surface area contributed by atoms with E-state index in [-0.39, 0.29) is 5.41 Å². The highest BCUT2D eigenvalue weighted by atomic mass is 16.5. The normalized spacial score (nSPS) is 15.9. The molecule has 2 aromatic rings. The first-order valence-electron chi connectivity index (χ1n) is 8.47. The van der Waals surface area contributed by atoms with Crippen LogP contribution in [-0.2, 0) is 12.0 Å². The molecule has 1 aliphatic heterocycles. The standard InChI is InChI=1S/C18H27N5O/c1-12-15(13(2)24-21-12)11-22(6)14-9-23(10-14)17-8-7-16(19-20-17)18(3,4)5/h7-8,14H,9-11H2,1-6H3. The molecule has 1 fully saturated rings. The first kappa shape index (κ1) is 16.9. The van der Waals surface area contributed by atoms with Gasteiger partial charge in [0.15, 0.2) is 5.82 Å². The summed E-state index contributed by atoms with van der Waals surface area (Å²) in [5.41, 5.74) is 3.25. The predicted molar refractivity (Wildman–Crippen MR) is 94.2 cm³/mol. The maximum Gasteiger partial charge on any atom is 0.151 e. The Morgan fingerprint density at radius 1 is 1.21 bits per heavy atom. The van der Waals surface area contributed by atoms with E-state index in [1.807, 2.05) is 13.8 Å². The van der Waals surface area contributed by atoms with Gasteiger partial charge in [-0.2, -0.15) is 5.10 Å². The highest BCUT2D eigenvalue weighted by Gasteiger charge is 2.32. The van der Waals surface area contributed by atoms with Gasteiger partial charge in [0.2, 0.25) is 0 Å². The van der Waals surface area contributed by atoms with Crippen LogP contribution in [0.3, 0.4) is 0 Å². The summed E-state index contributed by atoms with van der Waals surface area (Å²) in [5, 5.41) is 12.8. The maximum absolute atomic E-state index is 5.25. The second kappa shape index (κ2) is 6.16. The summed E-state index contributed by atoms with van der Waals surface area (Å²) in [6.45, 7) is 13.3. The molecule has 130 valence electrons. The Kier molecular flexibility index (Phi) is 4.34. The number of nitrogens with zero attached hydrogens (tertiary/aromatic N) is 5. The number of hydrogen-bond acceptors (Lipinski definition) is 6. The average molecular weight is 329 g/mol. The molecule has 6 heteroatoms. The zero-order chi connectivity index (χ0) is 17.5. The van der Waals surface area contributed by atoms with Crippen molar-refractivity contribution in [2.24, 2.45) is 0 Å². The second-order valence-electron chi connectivity index (χ2n) is 7.80. The first-order valence-corrected chi connectivity index (χ1v) is 8.47. The van der Waals surface area contributed by atoms with Gasteiger partial charge in [-0.3, -0.25) is 4.90 Å². The van der Waals surface area contributed by atoms with Gasteiger partial charge in [0, 0.05) is 36.7 Å². The SMILES string of the molecule is Cc1noc(C)c1CN(C)C1CN(c2ccc(C(C)(C)C)nn2)C1. The monoisotopic (exact) mass is 329 g/mol. The molecule has 0 spiro atoms. The van der Waals surface area contributed by atoms with Gasteiger partial charge in [-0.15, -0.1) is 5.10 Å². The Bertz CT molecular complexity index is 676. The summed E-state index contributed by atoms with van der Waals surface area (Å²) >= 11 is 0. The number of rotatable bonds is 4.